The third kappa shape index (κ3) is 11.3. The van der Waals surface area contributed by atoms with Gasteiger partial charge in [0, 0.05) is 0 Å². The fourth-order valence-electron chi connectivity index (χ4n) is 0.885. The van der Waals surface area contributed by atoms with Crippen molar-refractivity contribution in [1.29, 1.82) is 10.8 Å². The molecular weight excluding hydrogens is 222 g/mol. The van der Waals surface area contributed by atoms with Crippen LogP contribution in [0, 0.1) is 10.8 Å². The monoisotopic (exact) mass is 233 g/mol. The van der Waals surface area contributed by atoms with Crippen LogP contribution >= 0.6 is 0 Å². The van der Waals surface area contributed by atoms with Gasteiger partial charge in [-0.25, -0.2) is 25.2 Å². The maximum atomic E-state index is 9.90. The Labute approximate surface area is 98.0 Å². The second-order valence-electron chi connectivity index (χ2n) is 2.51. The van der Waals surface area contributed by atoms with Crippen molar-refractivity contribution in [3.63, 3.8) is 0 Å². The molecule has 0 aliphatic carbocycles. The number of aliphatic imine (C=N–C) groups is 1. The summed E-state index contributed by atoms with van der Waals surface area (Å²) in [7, 11) is 0. The van der Waals surface area contributed by atoms with E-state index in [1.54, 1.807) is 6.08 Å². The van der Waals surface area contributed by atoms with Gasteiger partial charge < -0.3 is 0 Å². The first-order valence-electron chi connectivity index (χ1n) is 4.37. The van der Waals surface area contributed by atoms with E-state index >= 15 is 0 Å². The molecule has 0 heterocycles. The van der Waals surface area contributed by atoms with E-state index < -0.39 is 0 Å². The maximum absolute atomic E-state index is 9.90. The number of hydrogen-bond donors (Lipinski definition) is 2. The topological polar surface area (TPSA) is 111 Å². The molecule has 0 saturated carbocycles. The zero-order chi connectivity index (χ0) is 13.5. The minimum Gasteiger partial charge on any atom is -0.222 e. The summed E-state index contributed by atoms with van der Waals surface area (Å²) in [6.45, 7) is 1.86. The van der Waals surface area contributed by atoms with Crippen LogP contribution in [0.25, 0.3) is 0 Å². The van der Waals surface area contributed by atoms with Gasteiger partial charge in [0.25, 0.3) is 0 Å². The number of benzene rings is 1. The number of hydrogen-bond acceptors (Lipinski definition) is 6. The van der Waals surface area contributed by atoms with E-state index in [2.05, 4.69) is 4.99 Å². The average Bonchev–Trinajstić information content (AvgIpc) is 2.32. The zero-order valence-corrected chi connectivity index (χ0v) is 9.14. The van der Waals surface area contributed by atoms with E-state index in [1.165, 1.54) is 0 Å². The fraction of sp³-hybridized carbons (Fsp3) is 0.182. The van der Waals surface area contributed by atoms with Gasteiger partial charge in [-0.05, 0) is 12.5 Å². The molecule has 1 rings (SSSR count). The van der Waals surface area contributed by atoms with Gasteiger partial charge in [-0.3, -0.25) is 0 Å². The highest BCUT2D eigenvalue weighted by Crippen LogP contribution is 2.14. The Morgan fingerprint density at radius 1 is 1.06 bits per heavy atom. The van der Waals surface area contributed by atoms with E-state index in [0.717, 1.165) is 17.7 Å². The van der Waals surface area contributed by atoms with Gasteiger partial charge in [-0.1, -0.05) is 30.3 Å². The van der Waals surface area contributed by atoms with Crippen LogP contribution in [-0.4, -0.2) is 18.2 Å². The number of rotatable bonds is 2. The van der Waals surface area contributed by atoms with Gasteiger partial charge in [0.15, 0.2) is 0 Å². The molecule has 2 N–H and O–H groups in total. The summed E-state index contributed by atoms with van der Waals surface area (Å²) in [5.74, 6) is 0. The van der Waals surface area contributed by atoms with Crippen molar-refractivity contribution in [3.05, 3.63) is 35.9 Å². The zero-order valence-electron chi connectivity index (χ0n) is 9.14. The van der Waals surface area contributed by atoms with Crippen molar-refractivity contribution in [3.8, 4) is 0 Å². The maximum Gasteiger partial charge on any atom is 0.235 e. The van der Waals surface area contributed by atoms with Gasteiger partial charge in [0.1, 0.15) is 0 Å². The van der Waals surface area contributed by atoms with Gasteiger partial charge in [-0.2, -0.15) is 4.99 Å². The molecule has 1 aromatic carbocycles. The number of carbonyl (C=O) groups excluding carboxylic acids is 3. The summed E-state index contributed by atoms with van der Waals surface area (Å²) in [5.41, 5.74) is 1.04. The largest absolute Gasteiger partial charge is 0.235 e. The van der Waals surface area contributed by atoms with E-state index in [0.29, 0.717) is 0 Å². The van der Waals surface area contributed by atoms with E-state index in [1.807, 2.05) is 37.3 Å². The Kier molecular flexibility index (Phi) is 13.2. The molecule has 88 valence electrons. The van der Waals surface area contributed by atoms with Crippen molar-refractivity contribution < 1.29 is 14.4 Å². The second-order valence-corrected chi connectivity index (χ2v) is 2.51. The third-order valence-electron chi connectivity index (χ3n) is 1.53. The molecule has 0 bridgehead atoms. The molecule has 0 amide bonds. The molecule has 0 radical (unpaired) electrons. The first kappa shape index (κ1) is 16.8. The minimum atomic E-state index is -0.0753. The minimum absolute atomic E-state index is 0.0753. The summed E-state index contributed by atoms with van der Waals surface area (Å²) in [6, 6.07) is 9.57. The van der Waals surface area contributed by atoms with Crippen LogP contribution in [0.5, 0.6) is 0 Å². The Hall–Kier alpha value is -2.64. The SMILES string of the molecule is CC(N=C=O)c1ccccc1.N=C=O.N=C=O. The molecule has 0 spiro atoms. The fourth-order valence-corrected chi connectivity index (χ4v) is 0.885. The van der Waals surface area contributed by atoms with Crippen LogP contribution in [0.4, 0.5) is 0 Å². The molecule has 1 aromatic rings. The molecule has 1 unspecified atom stereocenters. The van der Waals surface area contributed by atoms with Crippen molar-refractivity contribution >= 4 is 18.2 Å². The predicted octanol–water partition coefficient (Wildman–Crippen LogP) is 1.89. The normalized spacial score (nSPS) is 8.53. The molecule has 0 fully saturated rings. The van der Waals surface area contributed by atoms with Gasteiger partial charge in [0.05, 0.1) is 6.04 Å². The molecular formula is C11H11N3O3. The summed E-state index contributed by atoms with van der Waals surface area (Å²) in [6.07, 6.45) is 3.04. The smallest absolute Gasteiger partial charge is 0.222 e. The highest BCUT2D eigenvalue weighted by Gasteiger charge is 1.99. The van der Waals surface area contributed by atoms with Gasteiger partial charge in [-0.15, -0.1) is 0 Å². The molecule has 6 heteroatoms. The Balaban J connectivity index is 0. The Morgan fingerprint density at radius 2 is 1.47 bits per heavy atom. The average molecular weight is 233 g/mol. The second kappa shape index (κ2) is 13.4. The van der Waals surface area contributed by atoms with E-state index in [4.69, 9.17) is 20.4 Å². The molecule has 0 aromatic heterocycles. The lowest BCUT2D eigenvalue weighted by Gasteiger charge is -2.01. The standard InChI is InChI=1S/C9H9NO.2CHNO/c1-8(10-7-11)9-5-3-2-4-6-9;2*2-1-3/h2-6,8H,1H3;2*2H. The Morgan fingerprint density at radius 3 is 1.82 bits per heavy atom. The molecule has 1 atom stereocenters. The summed E-state index contributed by atoms with van der Waals surface area (Å²) in [5, 5.41) is 10.8. The van der Waals surface area contributed by atoms with Crippen LogP contribution in [0.2, 0.25) is 0 Å². The predicted molar refractivity (Wildman–Crippen MR) is 59.8 cm³/mol. The molecule has 0 aliphatic rings. The quantitative estimate of drug-likeness (QED) is 0.600. The summed E-state index contributed by atoms with van der Waals surface area (Å²) in [4.78, 5) is 30.2. The van der Waals surface area contributed by atoms with Crippen molar-refractivity contribution in [2.75, 3.05) is 0 Å². The van der Waals surface area contributed by atoms with Crippen molar-refractivity contribution in [2.24, 2.45) is 4.99 Å². The van der Waals surface area contributed by atoms with Crippen molar-refractivity contribution in [2.45, 2.75) is 13.0 Å². The van der Waals surface area contributed by atoms with E-state index in [-0.39, 0.29) is 6.04 Å². The number of nitrogens with zero attached hydrogens (tertiary/aromatic N) is 1. The highest BCUT2D eigenvalue weighted by atomic mass is 16.1. The van der Waals surface area contributed by atoms with Crippen LogP contribution in [0.3, 0.4) is 0 Å². The van der Waals surface area contributed by atoms with Crippen LogP contribution < -0.4 is 0 Å². The number of isocyanates is 3. The highest BCUT2D eigenvalue weighted by molar-refractivity contribution is 5.35. The lowest BCUT2D eigenvalue weighted by atomic mass is 10.1. The molecule has 0 aliphatic heterocycles. The first-order valence-corrected chi connectivity index (χ1v) is 4.37. The van der Waals surface area contributed by atoms with Gasteiger partial charge >= 0.3 is 0 Å². The molecule has 0 saturated heterocycles. The van der Waals surface area contributed by atoms with Crippen LogP contribution in [0.1, 0.15) is 18.5 Å². The van der Waals surface area contributed by atoms with Gasteiger partial charge in [0.2, 0.25) is 18.2 Å². The van der Waals surface area contributed by atoms with Crippen LogP contribution in [-0.2, 0) is 14.4 Å². The summed E-state index contributed by atoms with van der Waals surface area (Å²) >= 11 is 0. The van der Waals surface area contributed by atoms with Crippen molar-refractivity contribution in [1.82, 2.24) is 0 Å². The number of nitrogens with one attached hydrogen (secondary N) is 2. The lowest BCUT2D eigenvalue weighted by Crippen LogP contribution is -1.86. The third-order valence-corrected chi connectivity index (χ3v) is 1.53. The van der Waals surface area contributed by atoms with Crippen LogP contribution in [0.15, 0.2) is 35.3 Å². The Bertz CT molecular complexity index is 401. The lowest BCUT2D eigenvalue weighted by molar-refractivity contribution is 0.559. The first-order chi connectivity index (χ1) is 8.17. The van der Waals surface area contributed by atoms with E-state index in [9.17, 15) is 4.79 Å². The molecule has 17 heavy (non-hydrogen) atoms. The molecule has 6 nitrogen and oxygen atoms in total. The summed E-state index contributed by atoms with van der Waals surface area (Å²) < 4.78 is 0.